The number of hydrogen-bond acceptors (Lipinski definition) is 3. The Hall–Kier alpha value is -1.08. The van der Waals surface area contributed by atoms with Crippen LogP contribution in [0.1, 0.15) is 19.8 Å². The van der Waals surface area contributed by atoms with Crippen molar-refractivity contribution < 1.29 is 4.79 Å². The second-order valence-electron chi connectivity index (χ2n) is 4.59. The van der Waals surface area contributed by atoms with Crippen molar-refractivity contribution in [1.82, 2.24) is 10.2 Å². The molecule has 2 heterocycles. The van der Waals surface area contributed by atoms with Crippen LogP contribution in [0.4, 0.5) is 0 Å². The summed E-state index contributed by atoms with van der Waals surface area (Å²) in [6.45, 7) is 4.53. The molecule has 82 valence electrons. The van der Waals surface area contributed by atoms with Gasteiger partial charge < -0.3 is 5.32 Å². The zero-order valence-electron chi connectivity index (χ0n) is 9.07. The van der Waals surface area contributed by atoms with Crippen LogP contribution in [-0.2, 0) is 4.79 Å². The van der Waals surface area contributed by atoms with Gasteiger partial charge >= 0.3 is 0 Å². The number of carbonyl (C=O) groups excluding carboxylic acids is 1. The first-order valence-corrected chi connectivity index (χ1v) is 5.63. The molecular weight excluding hydrogens is 190 g/mol. The standard InChI is InChI=1S/C11H17N3O/c1-8(5-12)7-14-4-2-3-9-10(14)6-13-11(9)15/h8-10H,2-4,6-7H2,1H3,(H,13,15). The molecule has 4 nitrogen and oxygen atoms in total. The molecule has 0 aromatic carbocycles. The molecule has 0 radical (unpaired) electrons. The molecule has 2 rings (SSSR count). The number of nitriles is 1. The van der Waals surface area contributed by atoms with E-state index < -0.39 is 0 Å². The first kappa shape index (κ1) is 10.4. The van der Waals surface area contributed by atoms with Gasteiger partial charge in [0.05, 0.1) is 17.9 Å². The van der Waals surface area contributed by atoms with E-state index in [1.807, 2.05) is 6.92 Å². The van der Waals surface area contributed by atoms with Gasteiger partial charge in [-0.15, -0.1) is 0 Å². The highest BCUT2D eigenvalue weighted by Gasteiger charge is 2.40. The van der Waals surface area contributed by atoms with E-state index in [1.165, 1.54) is 0 Å². The quantitative estimate of drug-likeness (QED) is 0.711. The molecule has 2 fully saturated rings. The lowest BCUT2D eigenvalue weighted by Crippen LogP contribution is -2.47. The fourth-order valence-corrected chi connectivity index (χ4v) is 2.66. The third-order valence-corrected chi connectivity index (χ3v) is 3.44. The van der Waals surface area contributed by atoms with E-state index in [4.69, 9.17) is 5.26 Å². The number of carbonyl (C=O) groups is 1. The first-order chi connectivity index (χ1) is 7.22. The minimum Gasteiger partial charge on any atom is -0.354 e. The Morgan fingerprint density at radius 1 is 1.73 bits per heavy atom. The normalized spacial score (nSPS) is 32.9. The molecule has 0 bridgehead atoms. The van der Waals surface area contributed by atoms with Crippen LogP contribution in [-0.4, -0.2) is 36.5 Å². The Morgan fingerprint density at radius 2 is 2.53 bits per heavy atom. The minimum absolute atomic E-state index is 0.0550. The summed E-state index contributed by atoms with van der Waals surface area (Å²) in [4.78, 5) is 13.8. The van der Waals surface area contributed by atoms with Gasteiger partial charge in [-0.2, -0.15) is 5.26 Å². The SMILES string of the molecule is CC(C#N)CN1CCCC2C(=O)NCC21. The number of nitrogens with zero attached hydrogens (tertiary/aromatic N) is 2. The smallest absolute Gasteiger partial charge is 0.224 e. The summed E-state index contributed by atoms with van der Waals surface area (Å²) in [5, 5.41) is 11.7. The van der Waals surface area contributed by atoms with Crippen molar-refractivity contribution >= 4 is 5.91 Å². The van der Waals surface area contributed by atoms with Gasteiger partial charge in [0, 0.05) is 19.1 Å². The minimum atomic E-state index is 0.0550. The molecule has 3 atom stereocenters. The molecule has 1 N–H and O–H groups in total. The second-order valence-corrected chi connectivity index (χ2v) is 4.59. The molecule has 0 saturated carbocycles. The Bertz CT molecular complexity index is 297. The number of hydrogen-bond donors (Lipinski definition) is 1. The molecule has 1 amide bonds. The molecule has 3 unspecified atom stereocenters. The van der Waals surface area contributed by atoms with Crippen LogP contribution in [0.2, 0.25) is 0 Å². The van der Waals surface area contributed by atoms with Crippen molar-refractivity contribution in [2.75, 3.05) is 19.6 Å². The number of fused-ring (bicyclic) bond motifs is 1. The second kappa shape index (κ2) is 4.19. The highest BCUT2D eigenvalue weighted by atomic mass is 16.2. The molecule has 0 aromatic rings. The summed E-state index contributed by atoms with van der Waals surface area (Å²) >= 11 is 0. The Balaban J connectivity index is 2.01. The fraction of sp³-hybridized carbons (Fsp3) is 0.818. The molecular formula is C11H17N3O. The molecule has 4 heteroatoms. The maximum Gasteiger partial charge on any atom is 0.224 e. The third kappa shape index (κ3) is 1.98. The zero-order valence-corrected chi connectivity index (χ0v) is 9.07. The lowest BCUT2D eigenvalue weighted by atomic mass is 9.91. The van der Waals surface area contributed by atoms with Gasteiger partial charge in [-0.25, -0.2) is 0 Å². The van der Waals surface area contributed by atoms with Gasteiger partial charge in [0.15, 0.2) is 0 Å². The van der Waals surface area contributed by atoms with Crippen molar-refractivity contribution in [3.05, 3.63) is 0 Å². The largest absolute Gasteiger partial charge is 0.354 e. The summed E-state index contributed by atoms with van der Waals surface area (Å²) in [5.74, 6) is 0.429. The van der Waals surface area contributed by atoms with Crippen molar-refractivity contribution in [3.63, 3.8) is 0 Å². The average Bonchev–Trinajstić information content (AvgIpc) is 2.62. The predicted molar refractivity (Wildman–Crippen MR) is 55.9 cm³/mol. The van der Waals surface area contributed by atoms with E-state index in [2.05, 4.69) is 16.3 Å². The molecule has 0 aromatic heterocycles. The number of likely N-dealkylation sites (tertiary alicyclic amines) is 1. The van der Waals surface area contributed by atoms with Gasteiger partial charge in [-0.1, -0.05) is 0 Å². The molecule has 0 aliphatic carbocycles. The van der Waals surface area contributed by atoms with Gasteiger partial charge in [0.25, 0.3) is 0 Å². The van der Waals surface area contributed by atoms with Crippen molar-refractivity contribution in [2.45, 2.75) is 25.8 Å². The maximum atomic E-state index is 11.5. The van der Waals surface area contributed by atoms with Crippen LogP contribution in [0.15, 0.2) is 0 Å². The van der Waals surface area contributed by atoms with E-state index >= 15 is 0 Å². The van der Waals surface area contributed by atoms with Crippen LogP contribution in [0, 0.1) is 23.2 Å². The van der Waals surface area contributed by atoms with Gasteiger partial charge in [0.2, 0.25) is 5.91 Å². The van der Waals surface area contributed by atoms with Gasteiger partial charge in [0.1, 0.15) is 0 Å². The zero-order chi connectivity index (χ0) is 10.8. The van der Waals surface area contributed by atoms with Crippen LogP contribution in [0.5, 0.6) is 0 Å². The van der Waals surface area contributed by atoms with Crippen molar-refractivity contribution in [2.24, 2.45) is 11.8 Å². The Morgan fingerprint density at radius 3 is 3.27 bits per heavy atom. The van der Waals surface area contributed by atoms with Crippen LogP contribution < -0.4 is 5.32 Å². The van der Waals surface area contributed by atoms with Crippen molar-refractivity contribution in [1.29, 1.82) is 5.26 Å². The lowest BCUT2D eigenvalue weighted by molar-refractivity contribution is -0.124. The number of nitrogens with one attached hydrogen (secondary N) is 1. The predicted octanol–water partition coefficient (Wildman–Crippen LogP) is 0.356. The lowest BCUT2D eigenvalue weighted by Gasteiger charge is -2.36. The van der Waals surface area contributed by atoms with E-state index in [0.29, 0.717) is 6.04 Å². The third-order valence-electron chi connectivity index (χ3n) is 3.44. The molecule has 15 heavy (non-hydrogen) atoms. The molecule has 2 saturated heterocycles. The molecule has 2 aliphatic heterocycles. The van der Waals surface area contributed by atoms with Gasteiger partial charge in [-0.3, -0.25) is 9.69 Å². The maximum absolute atomic E-state index is 11.5. The van der Waals surface area contributed by atoms with E-state index in [9.17, 15) is 4.79 Å². The fourth-order valence-electron chi connectivity index (χ4n) is 2.66. The summed E-state index contributed by atoms with van der Waals surface area (Å²) < 4.78 is 0. The Kier molecular flexibility index (Phi) is 2.92. The van der Waals surface area contributed by atoms with Gasteiger partial charge in [-0.05, 0) is 26.3 Å². The number of amides is 1. The molecule has 0 spiro atoms. The monoisotopic (exact) mass is 207 g/mol. The van der Waals surface area contributed by atoms with E-state index in [1.54, 1.807) is 0 Å². The number of rotatable bonds is 2. The summed E-state index contributed by atoms with van der Waals surface area (Å²) in [6, 6.07) is 2.59. The highest BCUT2D eigenvalue weighted by molar-refractivity contribution is 5.82. The van der Waals surface area contributed by atoms with E-state index in [-0.39, 0.29) is 17.7 Å². The van der Waals surface area contributed by atoms with Crippen LogP contribution in [0.25, 0.3) is 0 Å². The highest BCUT2D eigenvalue weighted by Crippen LogP contribution is 2.27. The van der Waals surface area contributed by atoms with Crippen LogP contribution >= 0.6 is 0 Å². The number of piperidine rings is 1. The topological polar surface area (TPSA) is 56.1 Å². The summed E-state index contributed by atoms with van der Waals surface area (Å²) in [7, 11) is 0. The summed E-state index contributed by atoms with van der Waals surface area (Å²) in [5.41, 5.74) is 0. The molecule has 2 aliphatic rings. The van der Waals surface area contributed by atoms with Crippen LogP contribution in [0.3, 0.4) is 0 Å². The Labute approximate surface area is 90.2 Å². The first-order valence-electron chi connectivity index (χ1n) is 5.63. The van der Waals surface area contributed by atoms with Crippen molar-refractivity contribution in [3.8, 4) is 6.07 Å². The van der Waals surface area contributed by atoms with E-state index in [0.717, 1.165) is 32.5 Å². The summed E-state index contributed by atoms with van der Waals surface area (Å²) in [6.07, 6.45) is 2.08. The average molecular weight is 207 g/mol.